The van der Waals surface area contributed by atoms with E-state index in [9.17, 15) is 9.59 Å². The van der Waals surface area contributed by atoms with E-state index in [4.69, 9.17) is 14.6 Å². The second kappa shape index (κ2) is 10.2. The average Bonchev–Trinajstić information content (AvgIpc) is 2.54. The summed E-state index contributed by atoms with van der Waals surface area (Å²) in [5.74, 6) is -0.626. The number of hydrogen-bond donors (Lipinski definition) is 2. The van der Waals surface area contributed by atoms with E-state index in [1.54, 1.807) is 38.3 Å². The van der Waals surface area contributed by atoms with Crippen molar-refractivity contribution in [2.45, 2.75) is 32.6 Å². The molecule has 0 heterocycles. The Labute approximate surface area is 135 Å². The van der Waals surface area contributed by atoms with Crippen molar-refractivity contribution in [3.8, 4) is 5.75 Å². The molecule has 0 saturated heterocycles. The van der Waals surface area contributed by atoms with Gasteiger partial charge in [0.25, 0.3) is 0 Å². The quantitative estimate of drug-likeness (QED) is 0.297. The van der Waals surface area contributed by atoms with Crippen LogP contribution in [0, 0.1) is 0 Å². The van der Waals surface area contributed by atoms with E-state index in [-0.39, 0.29) is 18.7 Å². The summed E-state index contributed by atoms with van der Waals surface area (Å²) in [6.07, 6.45) is 1.46. The number of hydrazone groups is 1. The van der Waals surface area contributed by atoms with Crippen LogP contribution >= 0.6 is 0 Å². The summed E-state index contributed by atoms with van der Waals surface area (Å²) in [7, 11) is 1.58. The summed E-state index contributed by atoms with van der Waals surface area (Å²) in [6, 6.07) is 7.09. The van der Waals surface area contributed by atoms with Crippen LogP contribution in [-0.4, -0.2) is 36.5 Å². The largest absolute Gasteiger partial charge is 0.497 e. The highest BCUT2D eigenvalue weighted by Crippen LogP contribution is 2.15. The number of benzene rings is 1. The lowest BCUT2D eigenvalue weighted by atomic mass is 10.1. The van der Waals surface area contributed by atoms with Crippen molar-refractivity contribution in [3.05, 3.63) is 24.3 Å². The van der Waals surface area contributed by atoms with Crippen LogP contribution in [0.1, 0.15) is 32.6 Å². The van der Waals surface area contributed by atoms with Crippen LogP contribution in [0.15, 0.2) is 29.4 Å². The van der Waals surface area contributed by atoms with Gasteiger partial charge in [0.05, 0.1) is 19.4 Å². The van der Waals surface area contributed by atoms with Crippen molar-refractivity contribution >= 4 is 23.3 Å². The first-order chi connectivity index (χ1) is 11.1. The normalized spacial score (nSPS) is 11.0. The van der Waals surface area contributed by atoms with Crippen molar-refractivity contribution in [2.24, 2.45) is 5.10 Å². The van der Waals surface area contributed by atoms with Gasteiger partial charge >= 0.3 is 11.9 Å². The number of carboxylic acids is 1. The predicted octanol–water partition coefficient (Wildman–Crippen LogP) is 2.67. The van der Waals surface area contributed by atoms with Crippen LogP contribution in [0.3, 0.4) is 0 Å². The Balaban J connectivity index is 2.65. The van der Waals surface area contributed by atoms with Crippen molar-refractivity contribution in [2.75, 3.05) is 19.1 Å². The molecule has 0 aromatic heterocycles. The molecule has 0 unspecified atom stereocenters. The van der Waals surface area contributed by atoms with Gasteiger partial charge in [-0.1, -0.05) is 0 Å². The molecule has 0 bridgehead atoms. The third kappa shape index (κ3) is 7.30. The zero-order chi connectivity index (χ0) is 17.1. The molecule has 0 aliphatic carbocycles. The van der Waals surface area contributed by atoms with E-state index in [2.05, 4.69) is 10.5 Å². The van der Waals surface area contributed by atoms with Crippen LogP contribution in [0.2, 0.25) is 0 Å². The van der Waals surface area contributed by atoms with Gasteiger partial charge in [0.1, 0.15) is 11.5 Å². The fourth-order valence-electron chi connectivity index (χ4n) is 1.78. The summed E-state index contributed by atoms with van der Waals surface area (Å²) in [6.45, 7) is 1.98. The second-order valence-electron chi connectivity index (χ2n) is 4.72. The molecule has 23 heavy (non-hydrogen) atoms. The van der Waals surface area contributed by atoms with Gasteiger partial charge in [0.15, 0.2) is 0 Å². The van der Waals surface area contributed by atoms with E-state index in [1.807, 2.05) is 0 Å². The van der Waals surface area contributed by atoms with Crippen molar-refractivity contribution in [3.63, 3.8) is 0 Å². The van der Waals surface area contributed by atoms with Crippen molar-refractivity contribution in [1.29, 1.82) is 0 Å². The SMILES string of the molecule is CCOC(=O)C(CCCCC(=O)O)=NNc1ccc(OC)cc1. The van der Waals surface area contributed by atoms with Crippen molar-refractivity contribution < 1.29 is 24.2 Å². The number of aliphatic carboxylic acids is 1. The number of carbonyl (C=O) groups is 2. The number of carbonyl (C=O) groups excluding carboxylic acids is 1. The molecule has 7 heteroatoms. The summed E-state index contributed by atoms with van der Waals surface area (Å²) in [5, 5.41) is 12.7. The van der Waals surface area contributed by atoms with Gasteiger partial charge in [0.2, 0.25) is 0 Å². The first kappa shape index (κ1) is 18.5. The zero-order valence-corrected chi connectivity index (χ0v) is 13.4. The molecule has 0 aliphatic rings. The van der Waals surface area contributed by atoms with Crippen LogP contribution in [0.25, 0.3) is 0 Å². The molecule has 7 nitrogen and oxygen atoms in total. The van der Waals surface area contributed by atoms with Gasteiger partial charge < -0.3 is 14.6 Å². The lowest BCUT2D eigenvalue weighted by Gasteiger charge is -2.07. The van der Waals surface area contributed by atoms with Gasteiger partial charge in [-0.25, -0.2) is 4.79 Å². The van der Waals surface area contributed by atoms with Crippen LogP contribution in [-0.2, 0) is 14.3 Å². The number of methoxy groups -OCH3 is 1. The van der Waals surface area contributed by atoms with Crippen LogP contribution in [0.5, 0.6) is 5.75 Å². The minimum atomic E-state index is -0.851. The van der Waals surface area contributed by atoms with E-state index in [0.29, 0.717) is 24.9 Å². The molecule has 1 aromatic rings. The molecule has 0 radical (unpaired) electrons. The minimum Gasteiger partial charge on any atom is -0.497 e. The van der Waals surface area contributed by atoms with Gasteiger partial charge in [-0.2, -0.15) is 5.10 Å². The third-order valence-corrected chi connectivity index (χ3v) is 2.98. The molecule has 1 aromatic carbocycles. The molecule has 0 atom stereocenters. The van der Waals surface area contributed by atoms with E-state index in [0.717, 1.165) is 5.75 Å². The number of ether oxygens (including phenoxy) is 2. The molecule has 126 valence electrons. The first-order valence-electron chi connectivity index (χ1n) is 7.42. The standard InChI is InChI=1S/C16H22N2O5/c1-3-23-16(21)14(6-4-5-7-15(19)20)18-17-12-8-10-13(22-2)11-9-12/h8-11,17H,3-7H2,1-2H3,(H,19,20). The highest BCUT2D eigenvalue weighted by molar-refractivity contribution is 6.36. The molecule has 0 saturated carbocycles. The summed E-state index contributed by atoms with van der Waals surface area (Å²) in [4.78, 5) is 22.4. The second-order valence-corrected chi connectivity index (χ2v) is 4.72. The molecule has 2 N–H and O–H groups in total. The maximum Gasteiger partial charge on any atom is 0.354 e. The Morgan fingerprint density at radius 2 is 1.83 bits per heavy atom. The number of unbranched alkanes of at least 4 members (excludes halogenated alkanes) is 1. The fraction of sp³-hybridized carbons (Fsp3) is 0.438. The lowest BCUT2D eigenvalue weighted by molar-refractivity contribution is -0.137. The molecule has 0 spiro atoms. The maximum atomic E-state index is 11.9. The highest BCUT2D eigenvalue weighted by atomic mass is 16.5. The first-order valence-corrected chi connectivity index (χ1v) is 7.42. The Kier molecular flexibility index (Phi) is 8.20. The molecule has 1 rings (SSSR count). The number of nitrogens with zero attached hydrogens (tertiary/aromatic N) is 1. The van der Waals surface area contributed by atoms with Gasteiger partial charge in [0, 0.05) is 6.42 Å². The third-order valence-electron chi connectivity index (χ3n) is 2.98. The molecular weight excluding hydrogens is 300 g/mol. The summed E-state index contributed by atoms with van der Waals surface area (Å²) in [5.41, 5.74) is 3.75. The number of carboxylic acid groups (broad SMARTS) is 1. The Morgan fingerprint density at radius 3 is 2.39 bits per heavy atom. The monoisotopic (exact) mass is 322 g/mol. The minimum absolute atomic E-state index is 0.0714. The van der Waals surface area contributed by atoms with Crippen LogP contribution < -0.4 is 10.2 Å². The average molecular weight is 322 g/mol. The summed E-state index contributed by atoms with van der Waals surface area (Å²) < 4.78 is 10.0. The van der Waals surface area contributed by atoms with Crippen LogP contribution in [0.4, 0.5) is 5.69 Å². The highest BCUT2D eigenvalue weighted by Gasteiger charge is 2.13. The van der Waals surface area contributed by atoms with E-state index < -0.39 is 11.9 Å². The maximum absolute atomic E-state index is 11.9. The number of hydrogen-bond acceptors (Lipinski definition) is 6. The number of anilines is 1. The van der Waals surface area contributed by atoms with Gasteiger partial charge in [-0.05, 0) is 50.5 Å². The Morgan fingerprint density at radius 1 is 1.17 bits per heavy atom. The van der Waals surface area contributed by atoms with E-state index in [1.165, 1.54) is 0 Å². The Bertz CT molecular complexity index is 540. The molecule has 0 amide bonds. The Hall–Kier alpha value is -2.57. The smallest absolute Gasteiger partial charge is 0.354 e. The van der Waals surface area contributed by atoms with Crippen molar-refractivity contribution in [1.82, 2.24) is 0 Å². The number of nitrogens with one attached hydrogen (secondary N) is 1. The van der Waals surface area contributed by atoms with E-state index >= 15 is 0 Å². The topological polar surface area (TPSA) is 97.2 Å². The number of esters is 1. The zero-order valence-electron chi connectivity index (χ0n) is 13.4. The van der Waals surface area contributed by atoms with Gasteiger partial charge in [-0.3, -0.25) is 10.2 Å². The molecule has 0 aliphatic heterocycles. The summed E-state index contributed by atoms with van der Waals surface area (Å²) >= 11 is 0. The van der Waals surface area contributed by atoms with Gasteiger partial charge in [-0.15, -0.1) is 0 Å². The molecule has 0 fully saturated rings. The molecular formula is C16H22N2O5. The number of rotatable bonds is 10. The lowest BCUT2D eigenvalue weighted by Crippen LogP contribution is -2.19. The predicted molar refractivity (Wildman–Crippen MR) is 86.8 cm³/mol. The fourth-order valence-corrected chi connectivity index (χ4v) is 1.78.